The number of amides is 1. The van der Waals surface area contributed by atoms with E-state index in [1.165, 1.54) is 84.6 Å². The molecule has 2 aliphatic heterocycles. The maximum atomic E-state index is 12.0. The summed E-state index contributed by atoms with van der Waals surface area (Å²) in [6.07, 6.45) is 4.98. The minimum atomic E-state index is 0.102. The van der Waals surface area contributed by atoms with E-state index in [0.29, 0.717) is 11.5 Å². The molecule has 0 bridgehead atoms. The van der Waals surface area contributed by atoms with Gasteiger partial charge in [-0.2, -0.15) is 0 Å². The van der Waals surface area contributed by atoms with Crippen LogP contribution in [-0.4, -0.2) is 85.6 Å². The third kappa shape index (κ3) is 4.95. The highest BCUT2D eigenvalue weighted by Crippen LogP contribution is 2.45. The van der Waals surface area contributed by atoms with E-state index in [1.54, 1.807) is 0 Å². The van der Waals surface area contributed by atoms with Crippen LogP contribution in [0, 0.1) is 11.3 Å². The summed E-state index contributed by atoms with van der Waals surface area (Å²) in [5, 5.41) is 3.27. The molecule has 0 radical (unpaired) electrons. The molecule has 0 aromatic carbocycles. The number of rotatable bonds is 6. The predicted octanol–water partition coefficient (Wildman–Crippen LogP) is 1.64. The monoisotopic (exact) mass is 350 g/mol. The normalized spacial score (nSPS) is 32.1. The van der Waals surface area contributed by atoms with Crippen LogP contribution in [0.5, 0.6) is 0 Å². The Labute approximate surface area is 154 Å². The highest BCUT2D eigenvalue weighted by Gasteiger charge is 2.44. The Bertz CT molecular complexity index is 447. The summed E-state index contributed by atoms with van der Waals surface area (Å²) in [6, 6.07) is 0.414. The number of piperazine rings is 1. The largest absolute Gasteiger partial charge is 0.353 e. The van der Waals surface area contributed by atoms with Crippen LogP contribution < -0.4 is 5.32 Å². The Morgan fingerprint density at radius 1 is 1.04 bits per heavy atom. The van der Waals surface area contributed by atoms with Crippen molar-refractivity contribution < 1.29 is 4.79 Å². The highest BCUT2D eigenvalue weighted by molar-refractivity contribution is 5.78. The summed E-state index contributed by atoms with van der Waals surface area (Å²) in [6.45, 7) is 17.3. The van der Waals surface area contributed by atoms with E-state index < -0.39 is 0 Å². The summed E-state index contributed by atoms with van der Waals surface area (Å²) in [7, 11) is 0. The lowest BCUT2D eigenvalue weighted by Gasteiger charge is -2.35. The van der Waals surface area contributed by atoms with Gasteiger partial charge >= 0.3 is 0 Å². The average molecular weight is 351 g/mol. The molecule has 3 fully saturated rings. The topological polar surface area (TPSA) is 38.8 Å². The van der Waals surface area contributed by atoms with Gasteiger partial charge in [0.2, 0.25) is 5.91 Å². The molecule has 5 heteroatoms. The van der Waals surface area contributed by atoms with Gasteiger partial charge in [0.25, 0.3) is 0 Å². The number of nitrogens with zero attached hydrogens (tertiary/aromatic N) is 3. The third-order valence-electron chi connectivity index (χ3n) is 6.74. The van der Waals surface area contributed by atoms with Crippen LogP contribution in [-0.2, 0) is 4.79 Å². The lowest BCUT2D eigenvalue weighted by Crippen LogP contribution is -2.48. The van der Waals surface area contributed by atoms with E-state index in [-0.39, 0.29) is 11.8 Å². The standard InChI is InChI=1S/C20H38N4O/c1-4-22-9-11-23(12-10-22)13-14-24-8-7-20(16-24)6-5-18(15-20)21-19(25)17(2)3/h17-18H,4-16H2,1-3H3,(H,21,25). The van der Waals surface area contributed by atoms with Gasteiger partial charge in [-0.3, -0.25) is 9.69 Å². The van der Waals surface area contributed by atoms with Crippen molar-refractivity contribution in [1.29, 1.82) is 0 Å². The lowest BCUT2D eigenvalue weighted by atomic mass is 9.85. The Balaban J connectivity index is 1.38. The molecule has 3 rings (SSSR count). The second-order valence-corrected chi connectivity index (χ2v) is 8.91. The van der Waals surface area contributed by atoms with Crippen molar-refractivity contribution in [2.75, 3.05) is 58.9 Å². The molecule has 5 nitrogen and oxygen atoms in total. The van der Waals surface area contributed by atoms with Crippen LogP contribution >= 0.6 is 0 Å². The minimum absolute atomic E-state index is 0.102. The maximum absolute atomic E-state index is 12.0. The van der Waals surface area contributed by atoms with E-state index in [0.717, 1.165) is 0 Å². The van der Waals surface area contributed by atoms with Gasteiger partial charge in [0.05, 0.1) is 0 Å². The first kappa shape index (κ1) is 19.1. The summed E-state index contributed by atoms with van der Waals surface area (Å²) in [4.78, 5) is 19.8. The van der Waals surface area contributed by atoms with Crippen molar-refractivity contribution in [2.45, 2.75) is 52.5 Å². The van der Waals surface area contributed by atoms with E-state index in [4.69, 9.17) is 0 Å². The molecule has 1 spiro atoms. The molecule has 1 N–H and O–H groups in total. The fraction of sp³-hybridized carbons (Fsp3) is 0.950. The second-order valence-electron chi connectivity index (χ2n) is 8.91. The molecule has 0 aromatic heterocycles. The van der Waals surface area contributed by atoms with Crippen LogP contribution in [0.1, 0.15) is 46.5 Å². The zero-order valence-corrected chi connectivity index (χ0v) is 16.6. The fourth-order valence-corrected chi connectivity index (χ4v) is 4.90. The average Bonchev–Trinajstić information content (AvgIpc) is 3.20. The Morgan fingerprint density at radius 3 is 2.40 bits per heavy atom. The smallest absolute Gasteiger partial charge is 0.222 e. The van der Waals surface area contributed by atoms with E-state index in [2.05, 4.69) is 26.9 Å². The third-order valence-corrected chi connectivity index (χ3v) is 6.74. The van der Waals surface area contributed by atoms with E-state index in [1.807, 2.05) is 13.8 Å². The number of carbonyl (C=O) groups excluding carboxylic acids is 1. The highest BCUT2D eigenvalue weighted by atomic mass is 16.1. The molecular weight excluding hydrogens is 312 g/mol. The van der Waals surface area contributed by atoms with Gasteiger partial charge in [0.15, 0.2) is 0 Å². The van der Waals surface area contributed by atoms with Gasteiger partial charge in [-0.05, 0) is 44.2 Å². The molecule has 2 unspecified atom stereocenters. The lowest BCUT2D eigenvalue weighted by molar-refractivity contribution is -0.124. The maximum Gasteiger partial charge on any atom is 0.222 e. The number of likely N-dealkylation sites (tertiary alicyclic amines) is 1. The number of hydrogen-bond acceptors (Lipinski definition) is 4. The van der Waals surface area contributed by atoms with Crippen molar-refractivity contribution in [2.24, 2.45) is 11.3 Å². The number of likely N-dealkylation sites (N-methyl/N-ethyl adjacent to an activating group) is 1. The zero-order chi connectivity index (χ0) is 17.9. The van der Waals surface area contributed by atoms with Gasteiger partial charge in [0, 0.05) is 57.8 Å². The molecule has 0 aromatic rings. The molecule has 1 amide bonds. The summed E-state index contributed by atoms with van der Waals surface area (Å²) >= 11 is 0. The number of nitrogens with one attached hydrogen (secondary N) is 1. The summed E-state index contributed by atoms with van der Waals surface area (Å²) in [5.74, 6) is 0.327. The van der Waals surface area contributed by atoms with Gasteiger partial charge in [-0.1, -0.05) is 20.8 Å². The van der Waals surface area contributed by atoms with Crippen molar-refractivity contribution in [1.82, 2.24) is 20.0 Å². The summed E-state index contributed by atoms with van der Waals surface area (Å²) in [5.41, 5.74) is 0.482. The first-order chi connectivity index (χ1) is 12.0. The van der Waals surface area contributed by atoms with Crippen molar-refractivity contribution in [3.8, 4) is 0 Å². The summed E-state index contributed by atoms with van der Waals surface area (Å²) < 4.78 is 0. The molecule has 1 saturated carbocycles. The molecule has 2 saturated heterocycles. The van der Waals surface area contributed by atoms with E-state index >= 15 is 0 Å². The van der Waals surface area contributed by atoms with Gasteiger partial charge in [-0.15, -0.1) is 0 Å². The Hall–Kier alpha value is -0.650. The second kappa shape index (κ2) is 8.36. The minimum Gasteiger partial charge on any atom is -0.353 e. The van der Waals surface area contributed by atoms with Crippen LogP contribution in [0.2, 0.25) is 0 Å². The van der Waals surface area contributed by atoms with Crippen LogP contribution in [0.3, 0.4) is 0 Å². The van der Waals surface area contributed by atoms with Crippen molar-refractivity contribution >= 4 is 5.91 Å². The van der Waals surface area contributed by atoms with Crippen LogP contribution in [0.4, 0.5) is 0 Å². The first-order valence-corrected chi connectivity index (χ1v) is 10.5. The molecule has 25 heavy (non-hydrogen) atoms. The molecule has 144 valence electrons. The molecule has 2 heterocycles. The first-order valence-electron chi connectivity index (χ1n) is 10.5. The zero-order valence-electron chi connectivity index (χ0n) is 16.6. The van der Waals surface area contributed by atoms with Crippen molar-refractivity contribution in [3.05, 3.63) is 0 Å². The Kier molecular flexibility index (Phi) is 6.39. The predicted molar refractivity (Wildman–Crippen MR) is 103 cm³/mol. The fourth-order valence-electron chi connectivity index (χ4n) is 4.90. The quantitative estimate of drug-likeness (QED) is 0.790. The molecule has 3 aliphatic rings. The molecular formula is C20H38N4O. The van der Waals surface area contributed by atoms with Gasteiger partial charge in [-0.25, -0.2) is 0 Å². The number of hydrogen-bond donors (Lipinski definition) is 1. The van der Waals surface area contributed by atoms with Gasteiger partial charge < -0.3 is 15.1 Å². The number of carbonyl (C=O) groups is 1. The molecule has 2 atom stereocenters. The SMILES string of the molecule is CCN1CCN(CCN2CCC3(CCC(NC(=O)C(C)C)C3)C2)CC1. The van der Waals surface area contributed by atoms with E-state index in [9.17, 15) is 4.79 Å². The van der Waals surface area contributed by atoms with Crippen LogP contribution in [0.15, 0.2) is 0 Å². The van der Waals surface area contributed by atoms with Crippen molar-refractivity contribution in [3.63, 3.8) is 0 Å². The molecule has 1 aliphatic carbocycles. The Morgan fingerprint density at radius 2 is 1.72 bits per heavy atom. The van der Waals surface area contributed by atoms with Crippen LogP contribution in [0.25, 0.3) is 0 Å². The van der Waals surface area contributed by atoms with Gasteiger partial charge in [0.1, 0.15) is 0 Å².